The Balaban J connectivity index is 2.09. The van der Waals surface area contributed by atoms with Crippen molar-refractivity contribution in [1.29, 1.82) is 0 Å². The van der Waals surface area contributed by atoms with Crippen LogP contribution in [0.15, 0.2) is 4.21 Å². The lowest BCUT2D eigenvalue weighted by atomic mass is 10.1. The van der Waals surface area contributed by atoms with E-state index in [1.54, 1.807) is 16.4 Å². The van der Waals surface area contributed by atoms with Crippen LogP contribution in [0.3, 0.4) is 0 Å². The number of thiazole rings is 1. The molecule has 0 aliphatic rings. The number of hydrogen-bond acceptors (Lipinski definition) is 5. The number of anilines is 1. The van der Waals surface area contributed by atoms with Crippen molar-refractivity contribution >= 4 is 34.1 Å². The molecule has 0 aromatic carbocycles. The average Bonchev–Trinajstić information content (AvgIpc) is 2.84. The van der Waals surface area contributed by atoms with Crippen molar-refractivity contribution in [1.82, 2.24) is 14.8 Å². The number of hydrogen-bond donors (Lipinski definition) is 1. The van der Waals surface area contributed by atoms with Gasteiger partial charge in [-0.25, -0.2) is 4.98 Å². The van der Waals surface area contributed by atoms with Crippen LogP contribution in [0.25, 0.3) is 0 Å². The maximum Gasteiger partial charge on any atom is 0.230 e. The zero-order valence-electron chi connectivity index (χ0n) is 12.3. The van der Waals surface area contributed by atoms with Crippen molar-refractivity contribution in [3.05, 3.63) is 22.6 Å². The van der Waals surface area contributed by atoms with Gasteiger partial charge in [0.1, 0.15) is 0 Å². The van der Waals surface area contributed by atoms with Gasteiger partial charge in [-0.2, -0.15) is 5.10 Å². The van der Waals surface area contributed by atoms with Gasteiger partial charge in [0.2, 0.25) is 5.91 Å². The van der Waals surface area contributed by atoms with Gasteiger partial charge in [0.25, 0.3) is 0 Å². The fraction of sp³-hybridized carbons (Fsp3) is 0.462. The molecule has 0 saturated carbocycles. The summed E-state index contributed by atoms with van der Waals surface area (Å²) in [5.74, 6) is -0.0504. The van der Waals surface area contributed by atoms with E-state index in [1.807, 2.05) is 34.1 Å². The van der Waals surface area contributed by atoms with Crippen LogP contribution in [0.1, 0.15) is 22.6 Å². The Bertz CT molecular complexity index is 645. The summed E-state index contributed by atoms with van der Waals surface area (Å²) < 4.78 is 2.94. The average molecular weight is 310 g/mol. The predicted molar refractivity (Wildman–Crippen MR) is 83.6 cm³/mol. The fourth-order valence-electron chi connectivity index (χ4n) is 2.02. The second-order valence-electron chi connectivity index (χ2n) is 4.59. The Labute approximate surface area is 126 Å². The molecule has 2 aromatic heterocycles. The van der Waals surface area contributed by atoms with E-state index in [2.05, 4.69) is 15.4 Å². The van der Waals surface area contributed by atoms with Crippen molar-refractivity contribution in [2.75, 3.05) is 11.6 Å². The van der Waals surface area contributed by atoms with E-state index in [-0.39, 0.29) is 5.91 Å². The summed E-state index contributed by atoms with van der Waals surface area (Å²) in [6.07, 6.45) is 2.34. The highest BCUT2D eigenvalue weighted by molar-refractivity contribution is 8.00. The minimum absolute atomic E-state index is 0.0504. The molecule has 2 heterocycles. The SMILES string of the molecule is CSc1sc(NC(=O)Cc2c(C)nn(C)c2C)nc1C. The zero-order valence-corrected chi connectivity index (χ0v) is 13.9. The minimum Gasteiger partial charge on any atom is -0.302 e. The van der Waals surface area contributed by atoms with E-state index < -0.39 is 0 Å². The van der Waals surface area contributed by atoms with Crippen LogP contribution >= 0.6 is 23.1 Å². The first-order valence-corrected chi connectivity index (χ1v) is 8.26. The number of carbonyl (C=O) groups is 1. The van der Waals surface area contributed by atoms with Crippen LogP contribution < -0.4 is 5.32 Å². The van der Waals surface area contributed by atoms with E-state index >= 15 is 0 Å². The van der Waals surface area contributed by atoms with Crippen molar-refractivity contribution in [3.8, 4) is 0 Å². The summed E-state index contributed by atoms with van der Waals surface area (Å²) in [6.45, 7) is 5.85. The summed E-state index contributed by atoms with van der Waals surface area (Å²) >= 11 is 3.16. The van der Waals surface area contributed by atoms with Crippen molar-refractivity contribution in [2.45, 2.75) is 31.4 Å². The molecule has 0 atom stereocenters. The molecular formula is C13H18N4OS2. The van der Waals surface area contributed by atoms with Gasteiger partial charge in [-0.1, -0.05) is 11.3 Å². The number of thioether (sulfide) groups is 1. The molecule has 0 aliphatic heterocycles. The molecule has 0 bridgehead atoms. The maximum absolute atomic E-state index is 12.1. The maximum atomic E-state index is 12.1. The smallest absolute Gasteiger partial charge is 0.230 e. The predicted octanol–water partition coefficient (Wildman–Crippen LogP) is 2.70. The van der Waals surface area contributed by atoms with Gasteiger partial charge < -0.3 is 5.32 Å². The van der Waals surface area contributed by atoms with E-state index in [0.717, 1.165) is 26.9 Å². The second kappa shape index (κ2) is 5.97. The molecule has 0 radical (unpaired) electrons. The van der Waals surface area contributed by atoms with E-state index in [9.17, 15) is 4.79 Å². The molecule has 0 saturated heterocycles. The lowest BCUT2D eigenvalue weighted by Gasteiger charge is -2.02. The van der Waals surface area contributed by atoms with Crippen molar-refractivity contribution < 1.29 is 4.79 Å². The molecule has 20 heavy (non-hydrogen) atoms. The number of amides is 1. The molecule has 108 valence electrons. The summed E-state index contributed by atoms with van der Waals surface area (Å²) in [4.78, 5) is 16.5. The first kappa shape index (κ1) is 15.1. The molecule has 0 fully saturated rings. The van der Waals surface area contributed by atoms with E-state index in [4.69, 9.17) is 0 Å². The Morgan fingerprint density at radius 3 is 2.55 bits per heavy atom. The van der Waals surface area contributed by atoms with Gasteiger partial charge >= 0.3 is 0 Å². The first-order chi connectivity index (χ1) is 9.42. The molecule has 5 nitrogen and oxygen atoms in total. The number of carbonyl (C=O) groups excluding carboxylic acids is 1. The lowest BCUT2D eigenvalue weighted by Crippen LogP contribution is -2.15. The minimum atomic E-state index is -0.0504. The normalized spacial score (nSPS) is 10.8. The Kier molecular flexibility index (Phi) is 4.49. The lowest BCUT2D eigenvalue weighted by molar-refractivity contribution is -0.115. The molecule has 0 aliphatic carbocycles. The third-order valence-corrected chi connectivity index (χ3v) is 5.47. The molecule has 0 spiro atoms. The molecular weight excluding hydrogens is 292 g/mol. The Morgan fingerprint density at radius 1 is 1.35 bits per heavy atom. The fourth-order valence-corrected chi connectivity index (χ4v) is 3.65. The number of nitrogens with zero attached hydrogens (tertiary/aromatic N) is 3. The standard InChI is InChI=1S/C13H18N4OS2/c1-7-10(9(3)17(4)16-7)6-11(18)15-13-14-8(2)12(19-5)20-13/h6H2,1-5H3,(H,14,15,18). The quantitative estimate of drug-likeness (QED) is 0.882. The largest absolute Gasteiger partial charge is 0.302 e. The number of aryl methyl sites for hydroxylation is 3. The van der Waals surface area contributed by atoms with Gasteiger partial charge in [0.15, 0.2) is 5.13 Å². The molecule has 1 N–H and O–H groups in total. The monoisotopic (exact) mass is 310 g/mol. The van der Waals surface area contributed by atoms with Gasteiger partial charge in [0.05, 0.1) is 22.0 Å². The van der Waals surface area contributed by atoms with Crippen LogP contribution in [0.4, 0.5) is 5.13 Å². The highest BCUT2D eigenvalue weighted by Crippen LogP contribution is 2.30. The van der Waals surface area contributed by atoms with E-state index in [1.165, 1.54) is 11.3 Å². The molecule has 2 rings (SSSR count). The van der Waals surface area contributed by atoms with Gasteiger partial charge in [-0.05, 0) is 27.0 Å². The Hall–Kier alpha value is -1.34. The van der Waals surface area contributed by atoms with Crippen molar-refractivity contribution in [3.63, 3.8) is 0 Å². The molecule has 1 amide bonds. The van der Waals surface area contributed by atoms with Crippen LogP contribution in [0, 0.1) is 20.8 Å². The van der Waals surface area contributed by atoms with Gasteiger partial charge in [0, 0.05) is 18.3 Å². The highest BCUT2D eigenvalue weighted by Gasteiger charge is 2.15. The molecule has 0 unspecified atom stereocenters. The zero-order chi connectivity index (χ0) is 14.9. The van der Waals surface area contributed by atoms with E-state index in [0.29, 0.717) is 11.6 Å². The van der Waals surface area contributed by atoms with Crippen LogP contribution in [-0.2, 0) is 18.3 Å². The summed E-state index contributed by atoms with van der Waals surface area (Å²) in [5, 5.41) is 7.85. The number of aromatic nitrogens is 3. The van der Waals surface area contributed by atoms with Crippen molar-refractivity contribution in [2.24, 2.45) is 7.05 Å². The summed E-state index contributed by atoms with van der Waals surface area (Å²) in [7, 11) is 1.89. The van der Waals surface area contributed by atoms with Crippen LogP contribution in [0.5, 0.6) is 0 Å². The molecule has 7 heteroatoms. The van der Waals surface area contributed by atoms with Crippen LogP contribution in [0.2, 0.25) is 0 Å². The first-order valence-electron chi connectivity index (χ1n) is 6.22. The second-order valence-corrected chi connectivity index (χ2v) is 6.67. The number of rotatable bonds is 4. The summed E-state index contributed by atoms with van der Waals surface area (Å²) in [5.41, 5.74) is 3.88. The van der Waals surface area contributed by atoms with Gasteiger partial charge in [-0.15, -0.1) is 11.8 Å². The molecule has 2 aromatic rings. The summed E-state index contributed by atoms with van der Waals surface area (Å²) in [6, 6.07) is 0. The Morgan fingerprint density at radius 2 is 2.05 bits per heavy atom. The highest BCUT2D eigenvalue weighted by atomic mass is 32.2. The third-order valence-electron chi connectivity index (χ3n) is 3.18. The van der Waals surface area contributed by atoms with Crippen LogP contribution in [-0.4, -0.2) is 26.9 Å². The van der Waals surface area contributed by atoms with Gasteiger partial charge in [-0.3, -0.25) is 9.48 Å². The third kappa shape index (κ3) is 3.04. The number of nitrogens with one attached hydrogen (secondary N) is 1. The topological polar surface area (TPSA) is 59.8 Å².